The predicted octanol–water partition coefficient (Wildman–Crippen LogP) is 3.77. The minimum absolute atomic E-state index is 0.125. The van der Waals surface area contributed by atoms with Crippen LogP contribution in [0.1, 0.15) is 90.4 Å². The molecule has 0 bridgehead atoms. The van der Waals surface area contributed by atoms with Crippen LogP contribution in [-0.2, 0) is 4.79 Å². The van der Waals surface area contributed by atoms with Gasteiger partial charge in [-0.1, -0.05) is 64.0 Å². The fourth-order valence-corrected chi connectivity index (χ4v) is 2.79. The van der Waals surface area contributed by atoms with Crippen molar-refractivity contribution in [2.75, 3.05) is 0 Å². The summed E-state index contributed by atoms with van der Waals surface area (Å²) in [7, 11) is 0. The third-order valence-corrected chi connectivity index (χ3v) is 4.54. The number of carboxylic acids is 1. The van der Waals surface area contributed by atoms with Crippen LogP contribution in [0.15, 0.2) is 12.2 Å². The second-order valence-electron chi connectivity index (χ2n) is 6.97. The maximum Gasteiger partial charge on any atom is 0.323 e. The van der Waals surface area contributed by atoms with E-state index in [4.69, 9.17) is 10.8 Å². The topological polar surface area (TPSA) is 104 Å². The summed E-state index contributed by atoms with van der Waals surface area (Å²) in [6.45, 7) is 2.20. The van der Waals surface area contributed by atoms with E-state index in [9.17, 15) is 15.0 Å². The normalized spacial score (nSPS) is 15.4. The summed E-state index contributed by atoms with van der Waals surface area (Å²) in [6, 6.07) is -1.20. The van der Waals surface area contributed by atoms with Crippen molar-refractivity contribution < 1.29 is 20.1 Å². The molecule has 0 saturated carbocycles. The van der Waals surface area contributed by atoms with Crippen molar-refractivity contribution in [3.8, 4) is 0 Å². The lowest BCUT2D eigenvalue weighted by molar-refractivity contribution is -0.141. The molecule has 148 valence electrons. The van der Waals surface area contributed by atoms with Crippen LogP contribution in [-0.4, -0.2) is 39.5 Å². The molecule has 3 atom stereocenters. The Morgan fingerprint density at radius 3 is 2.04 bits per heavy atom. The smallest absolute Gasteiger partial charge is 0.323 e. The molecule has 0 aliphatic carbocycles. The van der Waals surface area contributed by atoms with Gasteiger partial charge >= 0.3 is 5.97 Å². The van der Waals surface area contributed by atoms with Gasteiger partial charge in [0.15, 0.2) is 0 Å². The van der Waals surface area contributed by atoms with Gasteiger partial charge in [0.25, 0.3) is 0 Å². The van der Waals surface area contributed by atoms with Crippen molar-refractivity contribution in [2.24, 2.45) is 5.73 Å². The zero-order chi connectivity index (χ0) is 18.9. The molecule has 0 amide bonds. The average molecular weight is 358 g/mol. The van der Waals surface area contributed by atoms with E-state index in [2.05, 4.69) is 13.0 Å². The summed E-state index contributed by atoms with van der Waals surface area (Å²) in [6.07, 6.45) is 16.3. The molecule has 5 nitrogen and oxygen atoms in total. The number of aliphatic carboxylic acids is 1. The van der Waals surface area contributed by atoms with Crippen molar-refractivity contribution in [2.45, 2.75) is 109 Å². The Hall–Kier alpha value is -0.910. The van der Waals surface area contributed by atoms with Gasteiger partial charge in [-0.3, -0.25) is 4.79 Å². The quantitative estimate of drug-likeness (QED) is 0.234. The van der Waals surface area contributed by atoms with Crippen LogP contribution in [0.2, 0.25) is 0 Å². The molecule has 25 heavy (non-hydrogen) atoms. The van der Waals surface area contributed by atoms with Crippen molar-refractivity contribution in [3.05, 3.63) is 12.2 Å². The van der Waals surface area contributed by atoms with Crippen LogP contribution in [0.3, 0.4) is 0 Å². The number of nitrogens with two attached hydrogens (primary N) is 1. The third kappa shape index (κ3) is 15.1. The van der Waals surface area contributed by atoms with Crippen molar-refractivity contribution in [1.29, 1.82) is 0 Å². The maximum absolute atomic E-state index is 10.6. The number of hydrogen-bond donors (Lipinski definition) is 4. The van der Waals surface area contributed by atoms with E-state index in [0.717, 1.165) is 44.9 Å². The molecular weight excluding hydrogens is 318 g/mol. The molecule has 0 spiro atoms. The van der Waals surface area contributed by atoms with Gasteiger partial charge in [-0.15, -0.1) is 0 Å². The summed E-state index contributed by atoms with van der Waals surface area (Å²) >= 11 is 0. The summed E-state index contributed by atoms with van der Waals surface area (Å²) in [5.74, 6) is -1.16. The molecule has 0 rings (SSSR count). The van der Waals surface area contributed by atoms with Crippen molar-refractivity contribution in [3.63, 3.8) is 0 Å². The van der Waals surface area contributed by atoms with Crippen LogP contribution in [0.25, 0.3) is 0 Å². The van der Waals surface area contributed by atoms with Crippen LogP contribution >= 0.6 is 0 Å². The minimum Gasteiger partial charge on any atom is -0.480 e. The lowest BCUT2D eigenvalue weighted by Gasteiger charge is -2.13. The Balaban J connectivity index is 3.41. The standard InChI is InChI=1S/C20H39NO4/c1-2-3-4-11-14-17(22)15-12-9-7-5-6-8-10-13-16-18(23)19(21)20(24)25/h8,10,17-19,22-23H,2-7,9,11-16,21H2,1H3,(H,24,25). The molecule has 0 radical (unpaired) electrons. The van der Waals surface area contributed by atoms with Crippen LogP contribution in [0.5, 0.6) is 0 Å². The Morgan fingerprint density at radius 2 is 1.44 bits per heavy atom. The monoisotopic (exact) mass is 357 g/mol. The van der Waals surface area contributed by atoms with Crippen LogP contribution in [0, 0.1) is 0 Å². The number of aliphatic hydroxyl groups excluding tert-OH is 2. The van der Waals surface area contributed by atoms with Crippen molar-refractivity contribution in [1.82, 2.24) is 0 Å². The molecule has 0 aliphatic heterocycles. The summed E-state index contributed by atoms with van der Waals surface area (Å²) in [5.41, 5.74) is 5.34. The van der Waals surface area contributed by atoms with Gasteiger partial charge in [0.1, 0.15) is 6.04 Å². The fourth-order valence-electron chi connectivity index (χ4n) is 2.79. The number of carbonyl (C=O) groups is 1. The van der Waals surface area contributed by atoms with Gasteiger partial charge in [-0.05, 0) is 38.5 Å². The molecule has 0 fully saturated rings. The molecule has 0 aromatic heterocycles. The SMILES string of the molecule is CCCCCCC(O)CCCCCCC=CCCC(O)C(N)C(=O)O. The van der Waals surface area contributed by atoms with E-state index < -0.39 is 18.1 Å². The van der Waals surface area contributed by atoms with Gasteiger partial charge in [-0.2, -0.15) is 0 Å². The summed E-state index contributed by atoms with van der Waals surface area (Å²) < 4.78 is 0. The zero-order valence-corrected chi connectivity index (χ0v) is 15.9. The first-order chi connectivity index (χ1) is 12.0. The van der Waals surface area contributed by atoms with E-state index in [0.29, 0.717) is 12.8 Å². The van der Waals surface area contributed by atoms with E-state index in [-0.39, 0.29) is 6.10 Å². The number of hydrogen-bond acceptors (Lipinski definition) is 4. The van der Waals surface area contributed by atoms with Gasteiger partial charge in [0, 0.05) is 0 Å². The second-order valence-corrected chi connectivity index (χ2v) is 6.97. The van der Waals surface area contributed by atoms with E-state index in [1.54, 1.807) is 0 Å². The first-order valence-electron chi connectivity index (χ1n) is 9.98. The molecular formula is C20H39NO4. The highest BCUT2D eigenvalue weighted by atomic mass is 16.4. The molecule has 3 unspecified atom stereocenters. The Morgan fingerprint density at radius 1 is 0.880 bits per heavy atom. The summed E-state index contributed by atoms with van der Waals surface area (Å²) in [5, 5.41) is 28.1. The lowest BCUT2D eigenvalue weighted by Crippen LogP contribution is -2.41. The van der Waals surface area contributed by atoms with E-state index in [1.165, 1.54) is 25.7 Å². The molecule has 0 aromatic rings. The Labute approximate surface area is 153 Å². The average Bonchev–Trinajstić information content (AvgIpc) is 2.59. The Bertz CT molecular complexity index is 347. The minimum atomic E-state index is -1.20. The second kappa shape index (κ2) is 16.6. The zero-order valence-electron chi connectivity index (χ0n) is 15.9. The summed E-state index contributed by atoms with van der Waals surface area (Å²) in [4.78, 5) is 10.6. The number of rotatable bonds is 17. The first-order valence-corrected chi connectivity index (χ1v) is 9.98. The number of unbranched alkanes of at least 4 members (excludes halogenated alkanes) is 7. The number of carboxylic acid groups (broad SMARTS) is 1. The first kappa shape index (κ1) is 24.1. The van der Waals surface area contributed by atoms with Gasteiger partial charge in [-0.25, -0.2) is 0 Å². The molecule has 0 aliphatic rings. The molecule has 0 heterocycles. The van der Waals surface area contributed by atoms with Crippen LogP contribution in [0.4, 0.5) is 0 Å². The fraction of sp³-hybridized carbons (Fsp3) is 0.850. The maximum atomic E-state index is 10.6. The molecule has 5 N–H and O–H groups in total. The van der Waals surface area contributed by atoms with Crippen molar-refractivity contribution >= 4 is 5.97 Å². The van der Waals surface area contributed by atoms with Gasteiger partial charge in [0.2, 0.25) is 0 Å². The molecule has 5 heteroatoms. The highest BCUT2D eigenvalue weighted by Crippen LogP contribution is 2.13. The number of aliphatic hydroxyl groups is 2. The lowest BCUT2D eigenvalue weighted by atomic mass is 10.0. The molecule has 0 aromatic carbocycles. The highest BCUT2D eigenvalue weighted by Gasteiger charge is 2.20. The highest BCUT2D eigenvalue weighted by molar-refractivity contribution is 5.73. The molecule has 0 saturated heterocycles. The van der Waals surface area contributed by atoms with Gasteiger partial charge < -0.3 is 21.1 Å². The number of allylic oxidation sites excluding steroid dienone is 2. The Kier molecular flexibility index (Phi) is 16.0. The third-order valence-electron chi connectivity index (χ3n) is 4.54. The van der Waals surface area contributed by atoms with E-state index in [1.807, 2.05) is 6.08 Å². The van der Waals surface area contributed by atoms with Crippen LogP contribution < -0.4 is 5.73 Å². The van der Waals surface area contributed by atoms with Gasteiger partial charge in [0.05, 0.1) is 12.2 Å². The predicted molar refractivity (Wildman–Crippen MR) is 102 cm³/mol. The van der Waals surface area contributed by atoms with E-state index >= 15 is 0 Å². The largest absolute Gasteiger partial charge is 0.480 e.